The van der Waals surface area contributed by atoms with Gasteiger partial charge in [0.2, 0.25) is 0 Å². The molecule has 7 N–H and O–H groups in total. The van der Waals surface area contributed by atoms with Crippen LogP contribution in [0.25, 0.3) is 11.1 Å². The topological polar surface area (TPSA) is 159 Å². The molecule has 0 radical (unpaired) electrons. The van der Waals surface area contributed by atoms with Gasteiger partial charge in [-0.1, -0.05) is 30.4 Å². The highest BCUT2D eigenvalue weighted by Crippen LogP contribution is 2.30. The number of urea groups is 1. The average Bonchev–Trinajstić information content (AvgIpc) is 3.14. The number of carbonyl (C=O) groups is 1. The molecule has 0 bridgehead atoms. The highest BCUT2D eigenvalue weighted by molar-refractivity contribution is 7.92. The lowest BCUT2D eigenvalue weighted by Crippen LogP contribution is -2.20. The third-order valence-electron chi connectivity index (χ3n) is 4.79. The van der Waals surface area contributed by atoms with Crippen molar-refractivity contribution in [2.75, 3.05) is 15.4 Å². The zero-order valence-electron chi connectivity index (χ0n) is 17.7. The summed E-state index contributed by atoms with van der Waals surface area (Å²) in [4.78, 5) is 12.4. The Balaban J connectivity index is 1.49. The zero-order chi connectivity index (χ0) is 25.2. The lowest BCUT2D eigenvalue weighted by molar-refractivity contribution is 0.262. The number of sulfonamides is 1. The van der Waals surface area contributed by atoms with Crippen LogP contribution in [0.3, 0.4) is 0 Å². The first-order valence-electron chi connectivity index (χ1n) is 9.95. The number of hydrogen-bond acceptors (Lipinski definition) is 7. The molecule has 4 rings (SSSR count). The van der Waals surface area contributed by atoms with Gasteiger partial charge in [-0.05, 0) is 48.0 Å². The van der Waals surface area contributed by atoms with Gasteiger partial charge in [-0.25, -0.2) is 13.2 Å². The number of hydrogen-bond donors (Lipinski definition) is 8. The van der Waals surface area contributed by atoms with Gasteiger partial charge >= 0.3 is 6.03 Å². The molecule has 0 unspecified atom stereocenters. The fourth-order valence-electron chi connectivity index (χ4n) is 3.21. The minimum atomic E-state index is -4.12. The lowest BCUT2D eigenvalue weighted by atomic mass is 10.1. The molecule has 4 aromatic rings. The summed E-state index contributed by atoms with van der Waals surface area (Å²) < 4.78 is 28.2. The summed E-state index contributed by atoms with van der Waals surface area (Å²) in [5.74, 6) is -0.575. The number of rotatable bonds is 6. The number of carbonyl (C=O) groups excluding carboxylic acids is 1. The van der Waals surface area contributed by atoms with E-state index < -0.39 is 16.1 Å². The number of thiol groups is 1. The maximum absolute atomic E-state index is 12.7. The van der Waals surface area contributed by atoms with Crippen molar-refractivity contribution in [1.29, 1.82) is 0 Å². The molecule has 1 heterocycles. The molecule has 10 nitrogen and oxygen atoms in total. The van der Waals surface area contributed by atoms with Crippen LogP contribution in [-0.4, -0.2) is 34.9 Å². The molecule has 1 aromatic heterocycles. The summed E-state index contributed by atoms with van der Waals surface area (Å²) >= 11 is 9.59. The first-order valence-corrected chi connectivity index (χ1v) is 12.3. The molecule has 0 fully saturated rings. The number of phenolic OH excluding ortho intramolecular Hbond substituents is 2. The average molecular weight is 530 g/mol. The van der Waals surface area contributed by atoms with Crippen LogP contribution in [0.2, 0.25) is 0 Å². The third-order valence-corrected chi connectivity index (χ3v) is 6.80. The standard InChI is InChI=1S/C22H19N5O5S3/c28-15-7-8-18(29)17(11-15)27-35(31,32)16-6-2-5-14(10-16)24-22(30)23-13-4-1-3-12(9-13)19-20(33)25-26-21(19)34/h1-11,27-29H,(H2,23,24,30)(H3,25,26,33,34). The smallest absolute Gasteiger partial charge is 0.323 e. The Labute approximate surface area is 210 Å². The van der Waals surface area contributed by atoms with Crippen LogP contribution in [0.5, 0.6) is 11.5 Å². The van der Waals surface area contributed by atoms with Crippen LogP contribution in [0.15, 0.2) is 76.7 Å². The van der Waals surface area contributed by atoms with Gasteiger partial charge in [-0.15, -0.1) is 12.6 Å². The predicted molar refractivity (Wildman–Crippen MR) is 138 cm³/mol. The number of amides is 2. The molecular weight excluding hydrogens is 510 g/mol. The van der Waals surface area contributed by atoms with Crippen LogP contribution in [0, 0.1) is 4.64 Å². The fourth-order valence-corrected chi connectivity index (χ4v) is 4.97. The highest BCUT2D eigenvalue weighted by atomic mass is 32.2. The molecule has 180 valence electrons. The van der Waals surface area contributed by atoms with Gasteiger partial charge in [0.25, 0.3) is 10.0 Å². The number of benzene rings is 3. The van der Waals surface area contributed by atoms with E-state index in [1.807, 2.05) is 6.07 Å². The van der Waals surface area contributed by atoms with E-state index in [9.17, 15) is 23.4 Å². The summed E-state index contributed by atoms with van der Waals surface area (Å²) in [5.41, 5.74) is 1.94. The first-order chi connectivity index (χ1) is 16.6. The molecule has 0 spiro atoms. The molecule has 0 saturated carbocycles. The summed E-state index contributed by atoms with van der Waals surface area (Å²) in [6.07, 6.45) is 0. The highest BCUT2D eigenvalue weighted by Gasteiger charge is 2.18. The number of nitrogens with one attached hydrogen (secondary N) is 5. The summed E-state index contributed by atoms with van der Waals surface area (Å²) in [7, 11) is -4.12. The van der Waals surface area contributed by atoms with Gasteiger partial charge in [0.15, 0.2) is 0 Å². The Hall–Kier alpha value is -3.94. The van der Waals surface area contributed by atoms with Crippen LogP contribution < -0.4 is 15.4 Å². The monoisotopic (exact) mass is 529 g/mol. The summed E-state index contributed by atoms with van der Waals surface area (Å²) in [6, 6.07) is 15.4. The number of H-pyrrole nitrogens is 2. The molecular formula is C22H19N5O5S3. The Morgan fingerprint density at radius 1 is 0.914 bits per heavy atom. The number of aromatic amines is 2. The molecule has 0 aliphatic heterocycles. The van der Waals surface area contributed by atoms with Crippen LogP contribution in [-0.2, 0) is 10.0 Å². The second-order valence-electron chi connectivity index (χ2n) is 7.30. The molecule has 13 heteroatoms. The minimum Gasteiger partial charge on any atom is -0.508 e. The zero-order valence-corrected chi connectivity index (χ0v) is 20.3. The Bertz CT molecular complexity index is 1580. The van der Waals surface area contributed by atoms with E-state index in [0.29, 0.717) is 20.9 Å². The fraction of sp³-hybridized carbons (Fsp3) is 0. The minimum absolute atomic E-state index is 0.164. The van der Waals surface area contributed by atoms with Crippen LogP contribution >= 0.6 is 24.8 Å². The molecule has 0 aliphatic carbocycles. The van der Waals surface area contributed by atoms with Gasteiger partial charge < -0.3 is 20.8 Å². The predicted octanol–water partition coefficient (Wildman–Crippen LogP) is 4.88. The lowest BCUT2D eigenvalue weighted by Gasteiger charge is -2.12. The second kappa shape index (κ2) is 9.74. The molecule has 0 atom stereocenters. The van der Waals surface area contributed by atoms with E-state index in [4.69, 9.17) is 12.2 Å². The molecule has 35 heavy (non-hydrogen) atoms. The third kappa shape index (κ3) is 5.59. The summed E-state index contributed by atoms with van der Waals surface area (Å²) in [5, 5.41) is 30.9. The maximum Gasteiger partial charge on any atom is 0.323 e. The van der Waals surface area contributed by atoms with Crippen molar-refractivity contribution in [2.45, 2.75) is 9.92 Å². The Kier molecular flexibility index (Phi) is 6.73. The molecule has 0 aliphatic rings. The van der Waals surface area contributed by atoms with E-state index in [-0.39, 0.29) is 27.8 Å². The SMILES string of the molecule is O=C(Nc1cccc(-c2c(S)[nH][nH]c2=S)c1)Nc1cccc(S(=O)(=O)Nc2cc(O)ccc2O)c1. The van der Waals surface area contributed by atoms with Gasteiger partial charge in [0.05, 0.1) is 15.6 Å². The molecule has 3 aromatic carbocycles. The van der Waals surface area contributed by atoms with Crippen LogP contribution in [0.4, 0.5) is 21.9 Å². The van der Waals surface area contributed by atoms with Crippen molar-refractivity contribution in [2.24, 2.45) is 0 Å². The number of anilines is 3. The van der Waals surface area contributed by atoms with Gasteiger partial charge in [-0.2, -0.15) is 0 Å². The largest absolute Gasteiger partial charge is 0.508 e. The maximum atomic E-state index is 12.7. The van der Waals surface area contributed by atoms with E-state index in [1.54, 1.807) is 18.2 Å². The van der Waals surface area contributed by atoms with E-state index in [2.05, 4.69) is 38.2 Å². The van der Waals surface area contributed by atoms with E-state index in [0.717, 1.165) is 17.7 Å². The van der Waals surface area contributed by atoms with Crippen molar-refractivity contribution in [3.63, 3.8) is 0 Å². The van der Waals surface area contributed by atoms with Gasteiger partial charge in [0, 0.05) is 23.0 Å². The number of phenols is 2. The quantitative estimate of drug-likeness (QED) is 0.0769. The number of aromatic nitrogens is 2. The van der Waals surface area contributed by atoms with Gasteiger partial charge in [0.1, 0.15) is 16.1 Å². The number of aromatic hydroxyl groups is 2. The van der Waals surface area contributed by atoms with Gasteiger partial charge in [-0.3, -0.25) is 14.9 Å². The van der Waals surface area contributed by atoms with Crippen molar-refractivity contribution < 1.29 is 23.4 Å². The summed E-state index contributed by atoms with van der Waals surface area (Å²) in [6.45, 7) is 0. The Morgan fingerprint density at radius 3 is 2.29 bits per heavy atom. The van der Waals surface area contributed by atoms with Crippen molar-refractivity contribution >= 4 is 58.0 Å². The molecule has 0 saturated heterocycles. The Morgan fingerprint density at radius 2 is 1.60 bits per heavy atom. The second-order valence-corrected chi connectivity index (χ2v) is 9.84. The first kappa shape index (κ1) is 24.2. The van der Waals surface area contributed by atoms with Crippen molar-refractivity contribution in [3.05, 3.63) is 71.4 Å². The van der Waals surface area contributed by atoms with Crippen molar-refractivity contribution in [1.82, 2.24) is 10.2 Å². The molecule has 2 amide bonds. The normalized spacial score (nSPS) is 11.1. The van der Waals surface area contributed by atoms with Crippen molar-refractivity contribution in [3.8, 4) is 22.6 Å². The van der Waals surface area contributed by atoms with E-state index in [1.165, 1.54) is 30.3 Å². The van der Waals surface area contributed by atoms with Crippen LogP contribution in [0.1, 0.15) is 0 Å². The van der Waals surface area contributed by atoms with E-state index >= 15 is 0 Å².